The highest BCUT2D eigenvalue weighted by atomic mass is 32.5. The predicted molar refractivity (Wildman–Crippen MR) is 49.6 cm³/mol. The van der Waals surface area contributed by atoms with Crippen molar-refractivity contribution < 1.29 is 9.42 Å². The molecule has 1 atom stereocenters. The minimum atomic E-state index is -2.69. The maximum atomic E-state index is 9.50. The average Bonchev–Trinajstić information content (AvgIpc) is 2.06. The molecular formula is C7H9O2PS. The zero-order chi connectivity index (χ0) is 8.32. The van der Waals surface area contributed by atoms with Gasteiger partial charge in [0, 0.05) is 12.4 Å². The van der Waals surface area contributed by atoms with Crippen LogP contribution in [0.1, 0.15) is 0 Å². The molecule has 0 aromatic heterocycles. The molecule has 0 saturated carbocycles. The molecule has 1 aromatic rings. The van der Waals surface area contributed by atoms with Gasteiger partial charge in [0.15, 0.2) is 0 Å². The lowest BCUT2D eigenvalue weighted by Crippen LogP contribution is -2.03. The van der Waals surface area contributed by atoms with E-state index < -0.39 is 6.49 Å². The molecule has 0 aliphatic rings. The Hall–Kier alpha value is -0.210. The van der Waals surface area contributed by atoms with Crippen molar-refractivity contribution in [3.8, 4) is 0 Å². The molecule has 4 heteroatoms. The summed E-state index contributed by atoms with van der Waals surface area (Å²) < 4.78 is 4.81. The summed E-state index contributed by atoms with van der Waals surface area (Å²) in [6.45, 7) is -2.69. The molecule has 60 valence electrons. The van der Waals surface area contributed by atoms with Crippen molar-refractivity contribution in [2.75, 3.05) is 7.11 Å². The molecule has 0 aliphatic carbocycles. The monoisotopic (exact) mass is 188 g/mol. The Labute approximate surface area is 71.0 Å². The molecule has 0 saturated heterocycles. The summed E-state index contributed by atoms with van der Waals surface area (Å²) in [4.78, 5) is 9.50. The maximum Gasteiger partial charge on any atom is 0.216 e. The van der Waals surface area contributed by atoms with Gasteiger partial charge in [-0.1, -0.05) is 18.2 Å². The first kappa shape index (κ1) is 8.88. The van der Waals surface area contributed by atoms with E-state index >= 15 is 0 Å². The molecule has 1 N–H and O–H groups in total. The third kappa shape index (κ3) is 2.11. The fourth-order valence-electron chi connectivity index (χ4n) is 0.722. The van der Waals surface area contributed by atoms with Crippen LogP contribution in [-0.2, 0) is 16.3 Å². The summed E-state index contributed by atoms with van der Waals surface area (Å²) in [5, 5.41) is 0.692. The van der Waals surface area contributed by atoms with Gasteiger partial charge < -0.3 is 9.42 Å². The van der Waals surface area contributed by atoms with Crippen LogP contribution in [0.5, 0.6) is 0 Å². The average molecular weight is 188 g/mol. The van der Waals surface area contributed by atoms with Crippen LogP contribution in [0, 0.1) is 0 Å². The largest absolute Gasteiger partial charge is 0.342 e. The first-order valence-electron chi connectivity index (χ1n) is 3.11. The SMILES string of the molecule is COP(O)(=S)c1ccccc1. The highest BCUT2D eigenvalue weighted by Gasteiger charge is 2.12. The Morgan fingerprint density at radius 3 is 2.36 bits per heavy atom. The lowest BCUT2D eigenvalue weighted by Gasteiger charge is -2.11. The number of benzene rings is 1. The number of hydrogen-bond acceptors (Lipinski definition) is 2. The van der Waals surface area contributed by atoms with E-state index in [0.717, 1.165) is 0 Å². The van der Waals surface area contributed by atoms with Gasteiger partial charge >= 0.3 is 0 Å². The first-order chi connectivity index (χ1) is 5.17. The smallest absolute Gasteiger partial charge is 0.216 e. The van der Waals surface area contributed by atoms with Crippen molar-refractivity contribution in [3.63, 3.8) is 0 Å². The molecule has 0 radical (unpaired) electrons. The topological polar surface area (TPSA) is 29.5 Å². The van der Waals surface area contributed by atoms with E-state index in [-0.39, 0.29) is 0 Å². The van der Waals surface area contributed by atoms with E-state index in [1.165, 1.54) is 7.11 Å². The summed E-state index contributed by atoms with van der Waals surface area (Å²) in [5.74, 6) is 0. The molecule has 0 amide bonds. The minimum absolute atomic E-state index is 0.692. The third-order valence-electron chi connectivity index (χ3n) is 1.33. The van der Waals surface area contributed by atoms with Gasteiger partial charge in [0.2, 0.25) is 6.49 Å². The molecule has 0 heterocycles. The van der Waals surface area contributed by atoms with E-state index in [4.69, 9.17) is 16.3 Å². The zero-order valence-electron chi connectivity index (χ0n) is 6.10. The van der Waals surface area contributed by atoms with Gasteiger partial charge in [-0.25, -0.2) is 0 Å². The summed E-state index contributed by atoms with van der Waals surface area (Å²) >= 11 is 4.86. The van der Waals surface area contributed by atoms with E-state index in [9.17, 15) is 4.89 Å². The molecule has 1 unspecified atom stereocenters. The molecule has 1 rings (SSSR count). The molecule has 0 aliphatic heterocycles. The first-order valence-corrected chi connectivity index (χ1v) is 5.78. The highest BCUT2D eigenvalue weighted by molar-refractivity contribution is 8.13. The Kier molecular flexibility index (Phi) is 2.79. The van der Waals surface area contributed by atoms with Gasteiger partial charge in [-0.15, -0.1) is 0 Å². The second-order valence-electron chi connectivity index (χ2n) is 2.04. The van der Waals surface area contributed by atoms with Gasteiger partial charge in [0.05, 0.1) is 0 Å². The Morgan fingerprint density at radius 2 is 1.91 bits per heavy atom. The Morgan fingerprint density at radius 1 is 1.36 bits per heavy atom. The number of rotatable bonds is 2. The molecule has 0 bridgehead atoms. The molecule has 0 fully saturated rings. The second kappa shape index (κ2) is 3.46. The standard InChI is InChI=1S/C7H9O2PS/c1-9-10(8,11)7-5-3-2-4-6-7/h2-6H,1H3,(H,8,11). The predicted octanol–water partition coefficient (Wildman–Crippen LogP) is 1.26. The van der Waals surface area contributed by atoms with Crippen LogP contribution >= 0.6 is 6.49 Å². The summed E-state index contributed by atoms with van der Waals surface area (Å²) in [5.41, 5.74) is 0. The van der Waals surface area contributed by atoms with Crippen molar-refractivity contribution in [2.45, 2.75) is 0 Å². The lowest BCUT2D eigenvalue weighted by atomic mass is 10.4. The van der Waals surface area contributed by atoms with Gasteiger partial charge in [-0.2, -0.15) is 0 Å². The van der Waals surface area contributed by atoms with Crippen LogP contribution in [0.3, 0.4) is 0 Å². The quantitative estimate of drug-likeness (QED) is 0.708. The van der Waals surface area contributed by atoms with E-state index in [1.807, 2.05) is 18.2 Å². The molecule has 11 heavy (non-hydrogen) atoms. The van der Waals surface area contributed by atoms with Gasteiger partial charge in [-0.3, -0.25) is 0 Å². The van der Waals surface area contributed by atoms with Gasteiger partial charge in [-0.05, 0) is 23.9 Å². The van der Waals surface area contributed by atoms with Crippen LogP contribution in [0.15, 0.2) is 30.3 Å². The Bertz CT molecular complexity index is 273. The number of hydrogen-bond donors (Lipinski definition) is 1. The van der Waals surface area contributed by atoms with Crippen molar-refractivity contribution in [1.29, 1.82) is 0 Å². The maximum absolute atomic E-state index is 9.50. The van der Waals surface area contributed by atoms with Crippen LogP contribution in [-0.4, -0.2) is 12.0 Å². The molecule has 0 spiro atoms. The van der Waals surface area contributed by atoms with Crippen LogP contribution < -0.4 is 5.30 Å². The zero-order valence-corrected chi connectivity index (χ0v) is 7.81. The van der Waals surface area contributed by atoms with Gasteiger partial charge in [0.25, 0.3) is 0 Å². The minimum Gasteiger partial charge on any atom is -0.342 e. The third-order valence-corrected chi connectivity index (χ3v) is 3.86. The lowest BCUT2D eigenvalue weighted by molar-refractivity contribution is 0.398. The fraction of sp³-hybridized carbons (Fsp3) is 0.143. The Balaban J connectivity index is 3.03. The second-order valence-corrected chi connectivity index (χ2v) is 5.45. The van der Waals surface area contributed by atoms with Crippen LogP contribution in [0.25, 0.3) is 0 Å². The molecular weight excluding hydrogens is 179 g/mol. The molecule has 2 nitrogen and oxygen atoms in total. The van der Waals surface area contributed by atoms with Crippen molar-refractivity contribution >= 4 is 23.6 Å². The van der Waals surface area contributed by atoms with Crippen LogP contribution in [0.4, 0.5) is 0 Å². The van der Waals surface area contributed by atoms with E-state index in [0.29, 0.717) is 5.30 Å². The fourth-order valence-corrected chi connectivity index (χ4v) is 1.85. The van der Waals surface area contributed by atoms with E-state index in [1.54, 1.807) is 12.1 Å². The summed E-state index contributed by atoms with van der Waals surface area (Å²) in [6, 6.07) is 9.06. The van der Waals surface area contributed by atoms with Crippen molar-refractivity contribution in [2.24, 2.45) is 0 Å². The molecule has 1 aromatic carbocycles. The van der Waals surface area contributed by atoms with Crippen molar-refractivity contribution in [3.05, 3.63) is 30.3 Å². The van der Waals surface area contributed by atoms with Crippen molar-refractivity contribution in [1.82, 2.24) is 0 Å². The summed E-state index contributed by atoms with van der Waals surface area (Å²) in [7, 11) is 1.42. The van der Waals surface area contributed by atoms with Gasteiger partial charge in [0.1, 0.15) is 0 Å². The normalized spacial score (nSPS) is 15.8. The van der Waals surface area contributed by atoms with E-state index in [2.05, 4.69) is 0 Å². The summed E-state index contributed by atoms with van der Waals surface area (Å²) in [6.07, 6.45) is 0. The highest BCUT2D eigenvalue weighted by Crippen LogP contribution is 2.39. The van der Waals surface area contributed by atoms with Crippen LogP contribution in [0.2, 0.25) is 0 Å².